The Morgan fingerprint density at radius 1 is 1.31 bits per heavy atom. The molecular weight excluding hydrogens is 357 g/mol. The summed E-state index contributed by atoms with van der Waals surface area (Å²) in [6.07, 6.45) is 2.22. The summed E-state index contributed by atoms with van der Waals surface area (Å²) in [5, 5.41) is 12.1. The molecule has 4 rings (SSSR count). The number of halogens is 1. The Morgan fingerprint density at radius 3 is 2.85 bits per heavy atom. The molecule has 0 spiro atoms. The molecule has 7 nitrogen and oxygen atoms in total. The van der Waals surface area contributed by atoms with Gasteiger partial charge in [0.2, 0.25) is 11.9 Å². The minimum Gasteiger partial charge on any atom is -0.378 e. The quantitative estimate of drug-likeness (QED) is 0.779. The van der Waals surface area contributed by atoms with E-state index in [9.17, 15) is 9.18 Å². The van der Waals surface area contributed by atoms with Crippen LogP contribution in [0.2, 0.25) is 0 Å². The third kappa shape index (κ3) is 3.99. The van der Waals surface area contributed by atoms with E-state index in [4.69, 9.17) is 4.74 Å². The van der Waals surface area contributed by atoms with Crippen LogP contribution in [-0.2, 0) is 9.53 Å². The molecule has 1 N–H and O–H groups in total. The lowest BCUT2D eigenvalue weighted by Gasteiger charge is -2.27. The fourth-order valence-electron chi connectivity index (χ4n) is 2.89. The van der Waals surface area contributed by atoms with Crippen LogP contribution < -0.4 is 10.2 Å². The lowest BCUT2D eigenvalue weighted by molar-refractivity contribution is -0.113. The number of amides is 1. The third-order valence-electron chi connectivity index (χ3n) is 4.29. The number of anilines is 2. The van der Waals surface area contributed by atoms with Crippen molar-refractivity contribution in [1.82, 2.24) is 14.8 Å². The summed E-state index contributed by atoms with van der Waals surface area (Å²) in [5.74, 6) is 0.492. The first-order valence-corrected chi connectivity index (χ1v) is 9.65. The molecule has 0 bridgehead atoms. The van der Waals surface area contributed by atoms with Gasteiger partial charge in [-0.1, -0.05) is 17.8 Å². The minimum absolute atomic E-state index is 0.195. The highest BCUT2D eigenvalue weighted by molar-refractivity contribution is 7.99. The van der Waals surface area contributed by atoms with Crippen molar-refractivity contribution < 1.29 is 13.9 Å². The van der Waals surface area contributed by atoms with Gasteiger partial charge in [0.1, 0.15) is 5.82 Å². The Hall–Kier alpha value is -2.13. The molecule has 0 atom stereocenters. The third-order valence-corrected chi connectivity index (χ3v) is 5.24. The number of morpholine rings is 1. The number of aromatic nitrogens is 3. The molecule has 1 aliphatic heterocycles. The van der Waals surface area contributed by atoms with E-state index in [1.165, 1.54) is 23.9 Å². The lowest BCUT2D eigenvalue weighted by Crippen LogP contribution is -2.38. The van der Waals surface area contributed by atoms with Gasteiger partial charge in [-0.15, -0.1) is 10.2 Å². The maximum atomic E-state index is 13.2. The van der Waals surface area contributed by atoms with Crippen LogP contribution in [0.5, 0.6) is 0 Å². The van der Waals surface area contributed by atoms with Crippen LogP contribution in [0.4, 0.5) is 16.0 Å². The first-order chi connectivity index (χ1) is 12.7. The Kier molecular flexibility index (Phi) is 5.07. The van der Waals surface area contributed by atoms with E-state index >= 15 is 0 Å². The second kappa shape index (κ2) is 7.63. The van der Waals surface area contributed by atoms with Crippen LogP contribution in [-0.4, -0.2) is 52.7 Å². The molecule has 9 heteroatoms. The molecule has 1 aromatic heterocycles. The van der Waals surface area contributed by atoms with Gasteiger partial charge in [0.25, 0.3) is 0 Å². The van der Waals surface area contributed by atoms with Crippen molar-refractivity contribution in [1.29, 1.82) is 0 Å². The number of rotatable bonds is 6. The van der Waals surface area contributed by atoms with E-state index in [0.717, 1.165) is 37.0 Å². The fourth-order valence-corrected chi connectivity index (χ4v) is 3.69. The van der Waals surface area contributed by atoms with Crippen LogP contribution in [0, 0.1) is 5.82 Å². The number of nitrogens with one attached hydrogen (secondary N) is 1. The average Bonchev–Trinajstić information content (AvgIpc) is 3.40. The van der Waals surface area contributed by atoms with Crippen LogP contribution in [0.15, 0.2) is 29.4 Å². The summed E-state index contributed by atoms with van der Waals surface area (Å²) in [4.78, 5) is 14.3. The SMILES string of the molecule is O=C(CSc1nnc(N2CCOCC2)n1C1CC1)Nc1cccc(F)c1. The Bertz CT molecular complexity index is 789. The first-order valence-electron chi connectivity index (χ1n) is 8.66. The Labute approximate surface area is 154 Å². The molecule has 1 aliphatic carbocycles. The second-order valence-corrected chi connectivity index (χ2v) is 7.27. The number of carbonyl (C=O) groups is 1. The van der Waals surface area contributed by atoms with E-state index in [2.05, 4.69) is 25.0 Å². The summed E-state index contributed by atoms with van der Waals surface area (Å²) in [7, 11) is 0. The van der Waals surface area contributed by atoms with Gasteiger partial charge in [-0.05, 0) is 31.0 Å². The Balaban J connectivity index is 1.41. The molecular formula is C17H20FN5O2S. The van der Waals surface area contributed by atoms with Crippen molar-refractivity contribution in [2.24, 2.45) is 0 Å². The monoisotopic (exact) mass is 377 g/mol. The van der Waals surface area contributed by atoms with Crippen molar-refractivity contribution in [3.8, 4) is 0 Å². The van der Waals surface area contributed by atoms with Gasteiger partial charge in [-0.25, -0.2) is 4.39 Å². The van der Waals surface area contributed by atoms with E-state index in [-0.39, 0.29) is 17.5 Å². The molecule has 1 saturated heterocycles. The van der Waals surface area contributed by atoms with Gasteiger partial charge in [-0.3, -0.25) is 9.36 Å². The summed E-state index contributed by atoms with van der Waals surface area (Å²) in [6.45, 7) is 2.98. The highest BCUT2D eigenvalue weighted by Crippen LogP contribution is 2.41. The molecule has 0 radical (unpaired) electrons. The zero-order valence-corrected chi connectivity index (χ0v) is 15.0. The maximum absolute atomic E-state index is 13.2. The van der Waals surface area contributed by atoms with E-state index in [1.807, 2.05) is 0 Å². The standard InChI is InChI=1S/C17H20FN5O2S/c18-12-2-1-3-13(10-12)19-15(24)11-26-17-21-20-16(23(17)14-4-5-14)22-6-8-25-9-7-22/h1-3,10,14H,4-9,11H2,(H,19,24). The second-order valence-electron chi connectivity index (χ2n) is 6.33. The molecule has 0 unspecified atom stereocenters. The average molecular weight is 377 g/mol. The van der Waals surface area contributed by atoms with Crippen LogP contribution in [0.3, 0.4) is 0 Å². The largest absolute Gasteiger partial charge is 0.378 e. The van der Waals surface area contributed by atoms with Gasteiger partial charge >= 0.3 is 0 Å². The molecule has 2 aliphatic rings. The van der Waals surface area contributed by atoms with E-state index in [0.29, 0.717) is 24.9 Å². The zero-order valence-electron chi connectivity index (χ0n) is 14.2. The first kappa shape index (κ1) is 17.3. The predicted molar refractivity (Wildman–Crippen MR) is 97.1 cm³/mol. The molecule has 138 valence electrons. The zero-order chi connectivity index (χ0) is 17.9. The fraction of sp³-hybridized carbons (Fsp3) is 0.471. The van der Waals surface area contributed by atoms with Gasteiger partial charge < -0.3 is 15.0 Å². The highest BCUT2D eigenvalue weighted by Gasteiger charge is 2.32. The van der Waals surface area contributed by atoms with Gasteiger partial charge in [-0.2, -0.15) is 0 Å². The minimum atomic E-state index is -0.376. The number of hydrogen-bond donors (Lipinski definition) is 1. The van der Waals surface area contributed by atoms with Crippen LogP contribution in [0.25, 0.3) is 0 Å². The van der Waals surface area contributed by atoms with Crippen molar-refractivity contribution in [2.75, 3.05) is 42.3 Å². The molecule has 1 aromatic carbocycles. The summed E-state index contributed by atoms with van der Waals surface area (Å²) >= 11 is 1.36. The maximum Gasteiger partial charge on any atom is 0.234 e. The molecule has 1 saturated carbocycles. The Morgan fingerprint density at radius 2 is 2.12 bits per heavy atom. The molecule has 1 amide bonds. The van der Waals surface area contributed by atoms with Gasteiger partial charge in [0, 0.05) is 24.8 Å². The van der Waals surface area contributed by atoms with Gasteiger partial charge in [0.05, 0.1) is 19.0 Å². The lowest BCUT2D eigenvalue weighted by atomic mass is 10.3. The van der Waals surface area contributed by atoms with Crippen LogP contribution in [0.1, 0.15) is 18.9 Å². The van der Waals surface area contributed by atoms with Crippen molar-refractivity contribution >= 4 is 29.3 Å². The topological polar surface area (TPSA) is 72.3 Å². The number of nitrogens with zero attached hydrogens (tertiary/aromatic N) is 4. The molecule has 2 heterocycles. The van der Waals surface area contributed by atoms with Crippen molar-refractivity contribution in [3.63, 3.8) is 0 Å². The normalized spacial score (nSPS) is 17.3. The predicted octanol–water partition coefficient (Wildman–Crippen LogP) is 2.32. The van der Waals surface area contributed by atoms with Crippen molar-refractivity contribution in [2.45, 2.75) is 24.0 Å². The summed E-state index contributed by atoms with van der Waals surface area (Å²) < 4.78 is 20.8. The molecule has 26 heavy (non-hydrogen) atoms. The van der Waals surface area contributed by atoms with Crippen LogP contribution >= 0.6 is 11.8 Å². The molecule has 2 aromatic rings. The number of benzene rings is 1. The number of hydrogen-bond acceptors (Lipinski definition) is 6. The van der Waals surface area contributed by atoms with E-state index < -0.39 is 0 Å². The summed E-state index contributed by atoms with van der Waals surface area (Å²) in [5.41, 5.74) is 0.452. The van der Waals surface area contributed by atoms with Crippen molar-refractivity contribution in [3.05, 3.63) is 30.1 Å². The smallest absolute Gasteiger partial charge is 0.234 e. The molecule has 2 fully saturated rings. The summed E-state index contributed by atoms with van der Waals surface area (Å²) in [6, 6.07) is 6.28. The van der Waals surface area contributed by atoms with E-state index in [1.54, 1.807) is 12.1 Å². The number of carbonyl (C=O) groups excluding carboxylic acids is 1. The highest BCUT2D eigenvalue weighted by atomic mass is 32.2. The van der Waals surface area contributed by atoms with Gasteiger partial charge in [0.15, 0.2) is 5.16 Å². The number of ether oxygens (including phenoxy) is 1. The number of thioether (sulfide) groups is 1.